The predicted octanol–water partition coefficient (Wildman–Crippen LogP) is 2.70. The third-order valence-corrected chi connectivity index (χ3v) is 6.38. The number of fused-ring (bicyclic) bond motifs is 1. The van der Waals surface area contributed by atoms with Crippen molar-refractivity contribution in [2.24, 2.45) is 0 Å². The summed E-state index contributed by atoms with van der Waals surface area (Å²) in [6, 6.07) is 4.98. The molecule has 30 heavy (non-hydrogen) atoms. The Morgan fingerprint density at radius 2 is 1.80 bits per heavy atom. The van der Waals surface area contributed by atoms with Crippen LogP contribution in [0.2, 0.25) is 0 Å². The zero-order valence-electron chi connectivity index (χ0n) is 17.7. The summed E-state index contributed by atoms with van der Waals surface area (Å²) < 4.78 is 21.8. The molecule has 4 rings (SSSR count). The number of nitrogens with zero attached hydrogens (tertiary/aromatic N) is 2. The lowest BCUT2D eigenvalue weighted by molar-refractivity contribution is -0.0111. The highest BCUT2D eigenvalue weighted by molar-refractivity contribution is 6.01. The SMILES string of the molecule is CC(C(=O)c1ccc2c(c1)OCO2)N(C)C(=O)OC1CCC(N2CCOCC2)CC1. The molecule has 1 aliphatic carbocycles. The van der Waals surface area contributed by atoms with Crippen molar-refractivity contribution in [2.75, 3.05) is 40.1 Å². The van der Waals surface area contributed by atoms with Gasteiger partial charge < -0.3 is 23.8 Å². The number of ketones is 1. The number of carbonyl (C=O) groups excluding carboxylic acids is 2. The Labute approximate surface area is 177 Å². The van der Waals surface area contributed by atoms with Gasteiger partial charge >= 0.3 is 6.09 Å². The van der Waals surface area contributed by atoms with Gasteiger partial charge in [0.25, 0.3) is 0 Å². The van der Waals surface area contributed by atoms with Crippen molar-refractivity contribution in [3.63, 3.8) is 0 Å². The summed E-state index contributed by atoms with van der Waals surface area (Å²) in [5, 5.41) is 0. The monoisotopic (exact) mass is 418 g/mol. The maximum absolute atomic E-state index is 12.8. The van der Waals surface area contributed by atoms with Gasteiger partial charge in [0.15, 0.2) is 17.3 Å². The van der Waals surface area contributed by atoms with Crippen LogP contribution < -0.4 is 9.47 Å². The molecule has 164 valence electrons. The number of ether oxygens (including phenoxy) is 4. The maximum atomic E-state index is 12.8. The normalized spacial score (nSPS) is 24.9. The summed E-state index contributed by atoms with van der Waals surface area (Å²) in [4.78, 5) is 29.3. The molecule has 2 fully saturated rings. The Kier molecular flexibility index (Phi) is 6.43. The first-order chi connectivity index (χ1) is 14.5. The number of hydrogen-bond acceptors (Lipinski definition) is 7. The fourth-order valence-electron chi connectivity index (χ4n) is 4.32. The average Bonchev–Trinajstić information content (AvgIpc) is 3.26. The van der Waals surface area contributed by atoms with Gasteiger partial charge in [-0.25, -0.2) is 4.79 Å². The predicted molar refractivity (Wildman–Crippen MR) is 109 cm³/mol. The molecule has 1 amide bonds. The van der Waals surface area contributed by atoms with Crippen molar-refractivity contribution >= 4 is 11.9 Å². The lowest BCUT2D eigenvalue weighted by atomic mass is 9.91. The highest BCUT2D eigenvalue weighted by atomic mass is 16.7. The lowest BCUT2D eigenvalue weighted by Gasteiger charge is -2.38. The van der Waals surface area contributed by atoms with Crippen molar-refractivity contribution in [1.29, 1.82) is 0 Å². The first kappa shape index (κ1) is 20.9. The third kappa shape index (κ3) is 4.54. The first-order valence-corrected chi connectivity index (χ1v) is 10.7. The van der Waals surface area contributed by atoms with E-state index in [0.717, 1.165) is 52.0 Å². The van der Waals surface area contributed by atoms with E-state index in [1.165, 1.54) is 4.90 Å². The fraction of sp³-hybridized carbons (Fsp3) is 0.636. The number of carbonyl (C=O) groups is 2. The highest BCUT2D eigenvalue weighted by Crippen LogP contribution is 2.33. The Morgan fingerprint density at radius 1 is 1.10 bits per heavy atom. The van der Waals surface area contributed by atoms with E-state index >= 15 is 0 Å². The Hall–Kier alpha value is -2.32. The number of likely N-dealkylation sites (N-methyl/N-ethyl adjacent to an activating group) is 1. The second-order valence-corrected chi connectivity index (χ2v) is 8.18. The molecular formula is C22H30N2O6. The number of Topliss-reactive ketones (excluding diaryl/α,β-unsaturated/α-hetero) is 1. The second-order valence-electron chi connectivity index (χ2n) is 8.18. The van der Waals surface area contributed by atoms with Crippen LogP contribution in [0.5, 0.6) is 11.5 Å². The molecule has 1 aromatic carbocycles. The molecule has 1 unspecified atom stereocenters. The molecule has 2 heterocycles. The lowest BCUT2D eigenvalue weighted by Crippen LogP contribution is -2.46. The highest BCUT2D eigenvalue weighted by Gasteiger charge is 2.31. The zero-order valence-corrected chi connectivity index (χ0v) is 17.7. The number of morpholine rings is 1. The molecule has 1 atom stereocenters. The molecule has 1 saturated heterocycles. The molecule has 8 nitrogen and oxygen atoms in total. The van der Waals surface area contributed by atoms with Crippen molar-refractivity contribution in [1.82, 2.24) is 9.80 Å². The molecule has 1 aromatic rings. The summed E-state index contributed by atoms with van der Waals surface area (Å²) in [5.41, 5.74) is 0.484. The van der Waals surface area contributed by atoms with E-state index in [1.54, 1.807) is 32.2 Å². The third-order valence-electron chi connectivity index (χ3n) is 6.38. The van der Waals surface area contributed by atoms with Crippen LogP contribution in [0.15, 0.2) is 18.2 Å². The molecule has 3 aliphatic rings. The summed E-state index contributed by atoms with van der Waals surface area (Å²) in [6.45, 7) is 5.44. The Bertz CT molecular complexity index is 771. The molecule has 0 radical (unpaired) electrons. The smallest absolute Gasteiger partial charge is 0.410 e. The zero-order chi connectivity index (χ0) is 21.1. The van der Waals surface area contributed by atoms with Gasteiger partial charge in [0, 0.05) is 31.7 Å². The van der Waals surface area contributed by atoms with Gasteiger partial charge in [-0.1, -0.05) is 0 Å². The molecule has 0 N–H and O–H groups in total. The van der Waals surface area contributed by atoms with Gasteiger partial charge in [-0.15, -0.1) is 0 Å². The quantitative estimate of drug-likeness (QED) is 0.681. The van der Waals surface area contributed by atoms with Crippen LogP contribution in [0.4, 0.5) is 4.79 Å². The van der Waals surface area contributed by atoms with E-state index in [-0.39, 0.29) is 18.7 Å². The average molecular weight is 418 g/mol. The van der Waals surface area contributed by atoms with Crippen LogP contribution in [0.1, 0.15) is 43.0 Å². The minimum Gasteiger partial charge on any atom is -0.454 e. The molecule has 0 aromatic heterocycles. The van der Waals surface area contributed by atoms with Crippen molar-refractivity contribution in [2.45, 2.75) is 50.8 Å². The summed E-state index contributed by atoms with van der Waals surface area (Å²) in [6.07, 6.45) is 3.20. The molecule has 8 heteroatoms. The first-order valence-electron chi connectivity index (χ1n) is 10.7. The van der Waals surface area contributed by atoms with Crippen LogP contribution in [0.3, 0.4) is 0 Å². The van der Waals surface area contributed by atoms with Gasteiger partial charge in [-0.3, -0.25) is 9.69 Å². The minimum atomic E-state index is -0.637. The van der Waals surface area contributed by atoms with Gasteiger partial charge in [-0.05, 0) is 50.8 Å². The molecule has 1 saturated carbocycles. The minimum absolute atomic E-state index is 0.0925. The Morgan fingerprint density at radius 3 is 2.53 bits per heavy atom. The second kappa shape index (κ2) is 9.22. The number of amides is 1. The fourth-order valence-corrected chi connectivity index (χ4v) is 4.32. The largest absolute Gasteiger partial charge is 0.454 e. The van der Waals surface area contributed by atoms with E-state index in [4.69, 9.17) is 18.9 Å². The van der Waals surface area contributed by atoms with E-state index < -0.39 is 12.1 Å². The van der Waals surface area contributed by atoms with Gasteiger partial charge in [0.05, 0.1) is 19.3 Å². The van der Waals surface area contributed by atoms with E-state index in [1.807, 2.05) is 0 Å². The van der Waals surface area contributed by atoms with Crippen molar-refractivity contribution in [3.8, 4) is 11.5 Å². The van der Waals surface area contributed by atoms with Gasteiger partial charge in [0.2, 0.25) is 6.79 Å². The van der Waals surface area contributed by atoms with Crippen LogP contribution in [-0.4, -0.2) is 80.0 Å². The van der Waals surface area contributed by atoms with Crippen molar-refractivity contribution < 1.29 is 28.5 Å². The van der Waals surface area contributed by atoms with Gasteiger partial charge in [0.1, 0.15) is 6.10 Å². The topological polar surface area (TPSA) is 77.5 Å². The summed E-state index contributed by atoms with van der Waals surface area (Å²) >= 11 is 0. The summed E-state index contributed by atoms with van der Waals surface area (Å²) in [7, 11) is 1.61. The molecule has 2 aliphatic heterocycles. The van der Waals surface area contributed by atoms with Crippen molar-refractivity contribution in [3.05, 3.63) is 23.8 Å². The maximum Gasteiger partial charge on any atom is 0.410 e. The number of benzene rings is 1. The van der Waals surface area contributed by atoms with Gasteiger partial charge in [-0.2, -0.15) is 0 Å². The standard InChI is InChI=1S/C22H30N2O6/c1-15(21(25)16-3-8-19-20(13-16)29-14-28-19)23(2)22(26)30-18-6-4-17(5-7-18)24-9-11-27-12-10-24/h3,8,13,15,17-18H,4-7,9-12,14H2,1-2H3. The number of rotatable bonds is 5. The van der Waals surface area contributed by atoms with Crippen LogP contribution >= 0.6 is 0 Å². The molecule has 0 bridgehead atoms. The molecular weight excluding hydrogens is 388 g/mol. The van der Waals surface area contributed by atoms with Crippen LogP contribution in [0, 0.1) is 0 Å². The van der Waals surface area contributed by atoms with E-state index in [0.29, 0.717) is 23.1 Å². The van der Waals surface area contributed by atoms with E-state index in [2.05, 4.69) is 4.90 Å². The number of hydrogen-bond donors (Lipinski definition) is 0. The van der Waals surface area contributed by atoms with Crippen LogP contribution in [-0.2, 0) is 9.47 Å². The van der Waals surface area contributed by atoms with Crippen LogP contribution in [0.25, 0.3) is 0 Å². The van der Waals surface area contributed by atoms with E-state index in [9.17, 15) is 9.59 Å². The molecule has 0 spiro atoms. The Balaban J connectivity index is 1.27. The summed E-state index contributed by atoms with van der Waals surface area (Å²) in [5.74, 6) is 1.01.